The molecule has 0 aromatic heterocycles. The Bertz CT molecular complexity index is 1220. The average Bonchev–Trinajstić information content (AvgIpc) is 2.81. The molecule has 5 nitrogen and oxygen atoms in total. The molecule has 0 heterocycles. The smallest absolute Gasteiger partial charge is 0.352 e. The van der Waals surface area contributed by atoms with Gasteiger partial charge in [-0.25, -0.2) is 8.42 Å². The Morgan fingerprint density at radius 1 is 0.941 bits per heavy atom. The molecule has 3 aromatic rings. The topological polar surface area (TPSA) is 66.5 Å². The highest BCUT2D eigenvalue weighted by Gasteiger charge is 2.33. The second-order valence-corrected chi connectivity index (χ2v) is 9.69. The van der Waals surface area contributed by atoms with Crippen LogP contribution in [0.25, 0.3) is 0 Å². The summed E-state index contributed by atoms with van der Waals surface area (Å²) in [5.74, 6) is -0.309. The van der Waals surface area contributed by atoms with Gasteiger partial charge in [0.2, 0.25) is 5.91 Å². The van der Waals surface area contributed by atoms with Gasteiger partial charge in [0.1, 0.15) is 0 Å². The van der Waals surface area contributed by atoms with Gasteiger partial charge in [0.25, 0.3) is 10.0 Å². The normalized spacial score (nSPS) is 11.8. The Kier molecular flexibility index (Phi) is 8.22. The standard InChI is InChI=1S/C24H22ClF3N2O3S/c25-21-14-13-19(24(26,27)28)16-22(21)30(34(32,33)20-10-5-2-6-11-20)15-7-12-23(31)29-17-18-8-3-1-4-9-18/h1-6,8-11,13-14,16H,7,12,15,17H2,(H,29,31). The first-order chi connectivity index (χ1) is 16.1. The lowest BCUT2D eigenvalue weighted by molar-refractivity contribution is -0.137. The van der Waals surface area contributed by atoms with Gasteiger partial charge in [-0.1, -0.05) is 60.1 Å². The third-order valence-electron chi connectivity index (χ3n) is 4.97. The van der Waals surface area contributed by atoms with Crippen LogP contribution in [0.5, 0.6) is 0 Å². The van der Waals surface area contributed by atoms with Crippen molar-refractivity contribution >= 4 is 33.2 Å². The minimum atomic E-state index is -4.68. The van der Waals surface area contributed by atoms with E-state index in [0.717, 1.165) is 22.0 Å². The van der Waals surface area contributed by atoms with Crippen molar-refractivity contribution in [3.8, 4) is 0 Å². The summed E-state index contributed by atoms with van der Waals surface area (Å²) in [5, 5.41) is 2.59. The van der Waals surface area contributed by atoms with Crippen LogP contribution in [-0.2, 0) is 27.5 Å². The molecule has 1 amide bonds. The molecule has 0 radical (unpaired) electrons. The zero-order chi connectivity index (χ0) is 24.8. The van der Waals surface area contributed by atoms with Crippen molar-refractivity contribution in [1.29, 1.82) is 0 Å². The van der Waals surface area contributed by atoms with Crippen LogP contribution in [0, 0.1) is 0 Å². The molecule has 0 spiro atoms. The van der Waals surface area contributed by atoms with Crippen molar-refractivity contribution in [3.05, 3.63) is 95.0 Å². The van der Waals surface area contributed by atoms with Crippen LogP contribution in [0.3, 0.4) is 0 Å². The van der Waals surface area contributed by atoms with Gasteiger partial charge in [0.15, 0.2) is 0 Å². The molecule has 0 atom stereocenters. The van der Waals surface area contributed by atoms with Crippen molar-refractivity contribution in [2.75, 3.05) is 10.8 Å². The number of hydrogen-bond acceptors (Lipinski definition) is 3. The number of benzene rings is 3. The van der Waals surface area contributed by atoms with E-state index in [4.69, 9.17) is 11.6 Å². The van der Waals surface area contributed by atoms with Gasteiger partial charge in [-0.05, 0) is 42.3 Å². The predicted molar refractivity (Wildman–Crippen MR) is 125 cm³/mol. The second-order valence-electron chi connectivity index (χ2n) is 7.42. The van der Waals surface area contributed by atoms with Gasteiger partial charge < -0.3 is 5.32 Å². The third-order valence-corrected chi connectivity index (χ3v) is 7.12. The quantitative estimate of drug-likeness (QED) is 0.404. The van der Waals surface area contributed by atoms with Crippen LogP contribution in [0.15, 0.2) is 83.8 Å². The Hall–Kier alpha value is -3.04. The van der Waals surface area contributed by atoms with Crippen LogP contribution < -0.4 is 9.62 Å². The number of halogens is 4. The number of rotatable bonds is 9. The van der Waals surface area contributed by atoms with Crippen molar-refractivity contribution < 1.29 is 26.4 Å². The fraction of sp³-hybridized carbons (Fsp3) is 0.208. The molecule has 0 saturated heterocycles. The highest BCUT2D eigenvalue weighted by molar-refractivity contribution is 7.92. The van der Waals surface area contributed by atoms with Gasteiger partial charge in [-0.15, -0.1) is 0 Å². The zero-order valence-corrected chi connectivity index (χ0v) is 19.5. The molecule has 0 saturated carbocycles. The number of nitrogens with one attached hydrogen (secondary N) is 1. The third kappa shape index (κ3) is 6.51. The molecule has 0 fully saturated rings. The van der Waals surface area contributed by atoms with E-state index in [1.807, 2.05) is 30.3 Å². The summed E-state index contributed by atoms with van der Waals surface area (Å²) in [4.78, 5) is 12.2. The largest absolute Gasteiger partial charge is 0.416 e. The molecule has 10 heteroatoms. The van der Waals surface area contributed by atoms with Crippen molar-refractivity contribution in [2.45, 2.75) is 30.5 Å². The summed E-state index contributed by atoms with van der Waals surface area (Å²) < 4.78 is 67.4. The van der Waals surface area contributed by atoms with Crippen molar-refractivity contribution in [1.82, 2.24) is 5.32 Å². The van der Waals surface area contributed by atoms with Crippen LogP contribution >= 0.6 is 11.6 Å². The highest BCUT2D eigenvalue weighted by Crippen LogP contribution is 2.37. The minimum absolute atomic E-state index is 0.0236. The van der Waals surface area contributed by atoms with Crippen LogP contribution in [-0.4, -0.2) is 20.9 Å². The monoisotopic (exact) mass is 510 g/mol. The van der Waals surface area contributed by atoms with E-state index < -0.39 is 21.8 Å². The number of alkyl halides is 3. The first kappa shape index (κ1) is 25.6. The number of carbonyl (C=O) groups is 1. The van der Waals surface area contributed by atoms with Crippen molar-refractivity contribution in [3.63, 3.8) is 0 Å². The number of nitrogens with zero attached hydrogens (tertiary/aromatic N) is 1. The molecule has 0 aliphatic heterocycles. The van der Waals surface area contributed by atoms with Gasteiger partial charge in [-0.3, -0.25) is 9.10 Å². The lowest BCUT2D eigenvalue weighted by Crippen LogP contribution is -2.33. The Morgan fingerprint density at radius 2 is 1.56 bits per heavy atom. The zero-order valence-electron chi connectivity index (χ0n) is 17.9. The summed E-state index contributed by atoms with van der Waals surface area (Å²) in [7, 11) is -4.24. The highest BCUT2D eigenvalue weighted by atomic mass is 35.5. The Morgan fingerprint density at radius 3 is 2.18 bits per heavy atom. The maximum atomic E-state index is 13.3. The molecule has 0 bridgehead atoms. The Labute approximate surface area is 201 Å². The maximum absolute atomic E-state index is 13.3. The molecule has 180 valence electrons. The summed E-state index contributed by atoms with van der Waals surface area (Å²) in [6, 6.07) is 19.1. The van der Waals surface area contributed by atoms with E-state index in [0.29, 0.717) is 12.6 Å². The van der Waals surface area contributed by atoms with Crippen LogP contribution in [0.1, 0.15) is 24.0 Å². The van der Waals surface area contributed by atoms with E-state index in [2.05, 4.69) is 5.32 Å². The van der Waals surface area contributed by atoms with Gasteiger partial charge in [0.05, 0.1) is 21.2 Å². The van der Waals surface area contributed by atoms with E-state index >= 15 is 0 Å². The van der Waals surface area contributed by atoms with Crippen LogP contribution in [0.4, 0.5) is 18.9 Å². The lowest BCUT2D eigenvalue weighted by atomic mass is 10.2. The molecule has 3 aromatic carbocycles. The minimum Gasteiger partial charge on any atom is -0.352 e. The molecule has 0 unspecified atom stereocenters. The number of sulfonamides is 1. The molecule has 0 aliphatic carbocycles. The molecular weight excluding hydrogens is 489 g/mol. The molecule has 3 rings (SSSR count). The fourth-order valence-electron chi connectivity index (χ4n) is 3.24. The summed E-state index contributed by atoms with van der Waals surface area (Å²) in [5.41, 5.74) is -0.425. The van der Waals surface area contributed by atoms with Gasteiger partial charge >= 0.3 is 6.18 Å². The Balaban J connectivity index is 1.81. The van der Waals surface area contributed by atoms with E-state index in [1.54, 1.807) is 6.07 Å². The lowest BCUT2D eigenvalue weighted by Gasteiger charge is -2.26. The molecule has 0 aliphatic rings. The SMILES string of the molecule is O=C(CCCN(c1cc(C(F)(F)F)ccc1Cl)S(=O)(=O)c1ccccc1)NCc1ccccc1. The number of carbonyl (C=O) groups excluding carboxylic acids is 1. The van der Waals surface area contributed by atoms with Gasteiger partial charge in [0, 0.05) is 19.5 Å². The molecular formula is C24H22ClF3N2O3S. The molecule has 1 N–H and O–H groups in total. The number of hydrogen-bond donors (Lipinski definition) is 1. The summed E-state index contributed by atoms with van der Waals surface area (Å²) in [6.07, 6.45) is -4.64. The summed E-state index contributed by atoms with van der Waals surface area (Å²) in [6.45, 7) is 0.0716. The first-order valence-corrected chi connectivity index (χ1v) is 12.2. The predicted octanol–water partition coefficient (Wildman–Crippen LogP) is 5.65. The maximum Gasteiger partial charge on any atom is 0.416 e. The van der Waals surface area contributed by atoms with Crippen LogP contribution in [0.2, 0.25) is 5.02 Å². The first-order valence-electron chi connectivity index (χ1n) is 10.3. The summed E-state index contributed by atoms with van der Waals surface area (Å²) >= 11 is 6.14. The second kappa shape index (κ2) is 10.9. The molecule has 34 heavy (non-hydrogen) atoms. The van der Waals surface area contributed by atoms with Gasteiger partial charge in [-0.2, -0.15) is 13.2 Å². The number of anilines is 1. The fourth-order valence-corrected chi connectivity index (χ4v) is 5.04. The van der Waals surface area contributed by atoms with E-state index in [9.17, 15) is 26.4 Å². The van der Waals surface area contributed by atoms with E-state index in [1.165, 1.54) is 24.3 Å². The average molecular weight is 511 g/mol. The van der Waals surface area contributed by atoms with Crippen molar-refractivity contribution in [2.24, 2.45) is 0 Å². The van der Waals surface area contributed by atoms with E-state index in [-0.39, 0.29) is 40.9 Å². The number of amides is 1.